The van der Waals surface area contributed by atoms with Crippen LogP contribution in [0, 0.1) is 0 Å². The summed E-state index contributed by atoms with van der Waals surface area (Å²) in [6, 6.07) is 6.77. The van der Waals surface area contributed by atoms with Gasteiger partial charge in [0.05, 0.1) is 17.3 Å². The maximum Gasteiger partial charge on any atom is 0.335 e. The van der Waals surface area contributed by atoms with Crippen LogP contribution in [0.5, 0.6) is 0 Å². The van der Waals surface area contributed by atoms with Crippen molar-refractivity contribution in [1.82, 2.24) is 4.98 Å². The fraction of sp³-hybridized carbons (Fsp3) is 0.294. The number of carbonyl (C=O) groups excluding carboxylic acids is 1. The number of hydrogen-bond donors (Lipinski definition) is 4. The van der Waals surface area contributed by atoms with Gasteiger partial charge >= 0.3 is 5.97 Å². The van der Waals surface area contributed by atoms with E-state index in [0.717, 1.165) is 17.5 Å². The summed E-state index contributed by atoms with van der Waals surface area (Å²) in [5.74, 6) is -0.318. The van der Waals surface area contributed by atoms with Gasteiger partial charge in [-0.1, -0.05) is 12.1 Å². The molecule has 6 nitrogen and oxygen atoms in total. The molecule has 6 heteroatoms. The van der Waals surface area contributed by atoms with Crippen LogP contribution in [0.4, 0.5) is 5.82 Å². The summed E-state index contributed by atoms with van der Waals surface area (Å²) in [7, 11) is 0. The summed E-state index contributed by atoms with van der Waals surface area (Å²) in [6.07, 6.45) is 2.95. The van der Waals surface area contributed by atoms with E-state index in [1.54, 1.807) is 31.2 Å². The van der Waals surface area contributed by atoms with Crippen LogP contribution in [0.1, 0.15) is 45.7 Å². The second kappa shape index (κ2) is 7.11. The Kier molecular flexibility index (Phi) is 5.18. The molecule has 0 saturated carbocycles. The number of nitrogens with one attached hydrogen (secondary N) is 2. The van der Waals surface area contributed by atoms with Crippen molar-refractivity contribution < 1.29 is 14.7 Å². The number of hydrogen-bond acceptors (Lipinski definition) is 4. The summed E-state index contributed by atoms with van der Waals surface area (Å²) in [5.41, 5.74) is 8.55. The van der Waals surface area contributed by atoms with E-state index in [1.807, 2.05) is 6.20 Å². The number of benzene rings is 1. The zero-order valence-corrected chi connectivity index (χ0v) is 13.2. The lowest BCUT2D eigenvalue weighted by Crippen LogP contribution is -2.26. The minimum Gasteiger partial charge on any atom is -0.478 e. The van der Waals surface area contributed by atoms with Gasteiger partial charge in [0.2, 0.25) is 0 Å². The number of H-pyrrole nitrogens is 1. The maximum absolute atomic E-state index is 11.9. The van der Waals surface area contributed by atoms with Crippen LogP contribution in [0.15, 0.2) is 30.5 Å². The smallest absolute Gasteiger partial charge is 0.335 e. The molecule has 1 aromatic heterocycles. The molecular weight excluding hydrogens is 294 g/mol. The third-order valence-corrected chi connectivity index (χ3v) is 3.57. The number of anilines is 1. The van der Waals surface area contributed by atoms with E-state index in [0.29, 0.717) is 17.8 Å². The number of aromatic carboxylic acids is 1. The number of carboxylic acid groups (broad SMARTS) is 1. The summed E-state index contributed by atoms with van der Waals surface area (Å²) >= 11 is 0. The molecule has 2 aromatic rings. The molecule has 0 bridgehead atoms. The molecule has 5 N–H and O–H groups in total. The zero-order chi connectivity index (χ0) is 17.0. The maximum atomic E-state index is 11.9. The van der Waals surface area contributed by atoms with E-state index in [1.165, 1.54) is 6.92 Å². The van der Waals surface area contributed by atoms with Crippen LogP contribution < -0.4 is 11.1 Å². The first-order chi connectivity index (χ1) is 10.9. The van der Waals surface area contributed by atoms with Gasteiger partial charge in [0.25, 0.3) is 0 Å². The topological polar surface area (TPSA) is 108 Å². The number of aryl methyl sites for hydroxylation is 2. The summed E-state index contributed by atoms with van der Waals surface area (Å²) < 4.78 is 0. The molecule has 0 aliphatic heterocycles. The molecule has 0 amide bonds. The Morgan fingerprint density at radius 1 is 1.26 bits per heavy atom. The first-order valence-corrected chi connectivity index (χ1v) is 7.44. The third kappa shape index (κ3) is 4.20. The van der Waals surface area contributed by atoms with Gasteiger partial charge in [-0.2, -0.15) is 0 Å². The highest BCUT2D eigenvalue weighted by Crippen LogP contribution is 2.22. The number of aromatic amines is 1. The van der Waals surface area contributed by atoms with Crippen molar-refractivity contribution in [1.29, 1.82) is 0 Å². The highest BCUT2D eigenvalue weighted by atomic mass is 16.4. The zero-order valence-electron chi connectivity index (χ0n) is 13.2. The number of rotatable bonds is 7. The second-order valence-electron chi connectivity index (χ2n) is 5.56. The number of carbonyl (C=O) groups is 2. The van der Waals surface area contributed by atoms with Gasteiger partial charge in [0.15, 0.2) is 5.78 Å². The number of Topliss-reactive ketones (excluding diaryl/α,β-unsaturated/α-hetero) is 1. The number of ketones is 1. The van der Waals surface area contributed by atoms with E-state index in [4.69, 9.17) is 10.8 Å². The Morgan fingerprint density at radius 3 is 2.43 bits per heavy atom. The predicted octanol–water partition coefficient (Wildman–Crippen LogP) is 2.42. The lowest BCUT2D eigenvalue weighted by Gasteiger charge is -2.10. The van der Waals surface area contributed by atoms with Gasteiger partial charge in [0, 0.05) is 6.20 Å². The quantitative estimate of drug-likeness (QED) is 0.463. The first-order valence-electron chi connectivity index (χ1n) is 7.44. The molecular formula is C17H21N3O3. The van der Waals surface area contributed by atoms with Crippen LogP contribution in [0.2, 0.25) is 0 Å². The Morgan fingerprint density at radius 2 is 1.91 bits per heavy atom. The Hall–Kier alpha value is -2.60. The van der Waals surface area contributed by atoms with Crippen molar-refractivity contribution in [2.45, 2.75) is 32.9 Å². The highest BCUT2D eigenvalue weighted by Gasteiger charge is 2.16. The van der Waals surface area contributed by atoms with Crippen molar-refractivity contribution in [3.63, 3.8) is 0 Å². The van der Waals surface area contributed by atoms with Gasteiger partial charge in [-0.05, 0) is 49.9 Å². The third-order valence-electron chi connectivity index (χ3n) is 3.57. The molecule has 1 atom stereocenters. The average molecular weight is 315 g/mol. The van der Waals surface area contributed by atoms with Gasteiger partial charge in [-0.25, -0.2) is 4.79 Å². The minimum atomic E-state index is -0.937. The van der Waals surface area contributed by atoms with Crippen molar-refractivity contribution in [2.75, 3.05) is 5.32 Å². The normalized spacial score (nSPS) is 12.0. The number of aromatic nitrogens is 1. The Bertz CT molecular complexity index is 702. The minimum absolute atomic E-state index is 0.0226. The van der Waals surface area contributed by atoms with E-state index < -0.39 is 5.97 Å². The standard InChI is InChI=1S/C17H21N3O3/c1-10(21)15-14(9-19-16(15)20-11(2)18)8-5-12-3-6-13(7-4-12)17(22)23/h3-4,6-7,9,11,19-20H,5,8,18H2,1-2H3,(H,22,23). The van der Waals surface area contributed by atoms with E-state index in [-0.39, 0.29) is 17.5 Å². The largest absolute Gasteiger partial charge is 0.478 e. The molecule has 0 aliphatic carbocycles. The van der Waals surface area contributed by atoms with E-state index in [2.05, 4.69) is 10.3 Å². The molecule has 0 spiro atoms. The van der Waals surface area contributed by atoms with Crippen LogP contribution in [-0.2, 0) is 12.8 Å². The van der Waals surface area contributed by atoms with Crippen LogP contribution in [0.25, 0.3) is 0 Å². The summed E-state index contributed by atoms with van der Waals surface area (Å²) in [6.45, 7) is 3.33. The first kappa shape index (κ1) is 16.8. The van der Waals surface area contributed by atoms with Crippen molar-refractivity contribution in [2.24, 2.45) is 5.73 Å². The summed E-state index contributed by atoms with van der Waals surface area (Å²) in [4.78, 5) is 25.8. The molecule has 0 fully saturated rings. The van der Waals surface area contributed by atoms with Crippen LogP contribution in [-0.4, -0.2) is 28.0 Å². The van der Waals surface area contributed by atoms with Crippen molar-refractivity contribution in [3.05, 3.63) is 52.7 Å². The Balaban J connectivity index is 2.12. The molecule has 1 aromatic carbocycles. The van der Waals surface area contributed by atoms with Gasteiger partial charge in [-0.3, -0.25) is 4.79 Å². The van der Waals surface area contributed by atoms with E-state index in [9.17, 15) is 9.59 Å². The molecule has 2 rings (SSSR count). The Labute approximate surface area is 134 Å². The molecule has 23 heavy (non-hydrogen) atoms. The molecule has 0 saturated heterocycles. The lowest BCUT2D eigenvalue weighted by atomic mass is 10.0. The second-order valence-corrected chi connectivity index (χ2v) is 5.56. The number of nitrogens with two attached hydrogens (primary N) is 1. The van der Waals surface area contributed by atoms with Crippen LogP contribution >= 0.6 is 0 Å². The van der Waals surface area contributed by atoms with Crippen molar-refractivity contribution in [3.8, 4) is 0 Å². The van der Waals surface area contributed by atoms with Gasteiger partial charge < -0.3 is 21.1 Å². The highest BCUT2D eigenvalue weighted by molar-refractivity contribution is 6.00. The molecule has 0 radical (unpaired) electrons. The number of carboxylic acids is 1. The SMILES string of the molecule is CC(=O)c1c(CCc2ccc(C(=O)O)cc2)c[nH]c1NC(C)N. The fourth-order valence-electron chi connectivity index (χ4n) is 2.50. The van der Waals surface area contributed by atoms with Crippen molar-refractivity contribution >= 4 is 17.6 Å². The van der Waals surface area contributed by atoms with E-state index >= 15 is 0 Å². The molecule has 1 heterocycles. The monoisotopic (exact) mass is 315 g/mol. The van der Waals surface area contributed by atoms with Crippen LogP contribution in [0.3, 0.4) is 0 Å². The molecule has 1 unspecified atom stereocenters. The molecule has 122 valence electrons. The molecule has 0 aliphatic rings. The predicted molar refractivity (Wildman–Crippen MR) is 88.9 cm³/mol. The van der Waals surface area contributed by atoms with Gasteiger partial charge in [0.1, 0.15) is 5.82 Å². The summed E-state index contributed by atoms with van der Waals surface area (Å²) in [5, 5.41) is 11.9. The van der Waals surface area contributed by atoms with Gasteiger partial charge in [-0.15, -0.1) is 0 Å². The average Bonchev–Trinajstić information content (AvgIpc) is 2.87. The lowest BCUT2D eigenvalue weighted by molar-refractivity contribution is 0.0696. The fourth-order valence-corrected chi connectivity index (χ4v) is 2.50.